The highest BCUT2D eigenvalue weighted by Crippen LogP contribution is 2.27. The number of aromatic nitrogens is 3. The van der Waals surface area contributed by atoms with Crippen molar-refractivity contribution < 1.29 is 5.11 Å². The molecule has 0 amide bonds. The molecule has 1 fully saturated rings. The van der Waals surface area contributed by atoms with Crippen molar-refractivity contribution in [1.29, 1.82) is 0 Å². The monoisotopic (exact) mass is 266 g/mol. The molecule has 0 bridgehead atoms. The molecule has 2 rings (SSSR count). The smallest absolute Gasteiger partial charge is 0.141 e. The zero-order valence-electron chi connectivity index (χ0n) is 12.5. The molecule has 5 nitrogen and oxygen atoms in total. The molecule has 1 N–H and O–H groups in total. The molecule has 0 spiro atoms. The topological polar surface area (TPSA) is 54.2 Å². The summed E-state index contributed by atoms with van der Waals surface area (Å²) in [7, 11) is 0. The summed E-state index contributed by atoms with van der Waals surface area (Å²) in [4.78, 5) is 6.71. The zero-order valence-corrected chi connectivity index (χ0v) is 12.5. The maximum atomic E-state index is 10.2. The van der Waals surface area contributed by atoms with Crippen molar-refractivity contribution in [2.24, 2.45) is 5.92 Å². The van der Waals surface area contributed by atoms with Crippen molar-refractivity contribution in [1.82, 2.24) is 19.7 Å². The molecule has 1 unspecified atom stereocenters. The summed E-state index contributed by atoms with van der Waals surface area (Å²) in [5.41, 5.74) is -0.653. The zero-order chi connectivity index (χ0) is 14.0. The van der Waals surface area contributed by atoms with Gasteiger partial charge >= 0.3 is 0 Å². The van der Waals surface area contributed by atoms with Gasteiger partial charge in [-0.1, -0.05) is 13.8 Å². The van der Waals surface area contributed by atoms with Gasteiger partial charge < -0.3 is 5.11 Å². The lowest BCUT2D eigenvalue weighted by Crippen LogP contribution is -2.45. The summed E-state index contributed by atoms with van der Waals surface area (Å²) >= 11 is 0. The number of nitrogens with zero attached hydrogens (tertiary/aromatic N) is 4. The molecule has 2 heterocycles. The van der Waals surface area contributed by atoms with Crippen molar-refractivity contribution in [2.45, 2.75) is 65.3 Å². The first-order valence-corrected chi connectivity index (χ1v) is 7.21. The molecule has 0 saturated carbocycles. The van der Waals surface area contributed by atoms with E-state index in [2.05, 4.69) is 28.8 Å². The van der Waals surface area contributed by atoms with Crippen LogP contribution >= 0.6 is 0 Å². The minimum Gasteiger partial charge on any atom is -0.389 e. The minimum atomic E-state index is -0.653. The van der Waals surface area contributed by atoms with Crippen LogP contribution in [-0.2, 0) is 13.1 Å². The normalized spacial score (nSPS) is 21.5. The number of rotatable bonds is 5. The average Bonchev–Trinajstić information content (AvgIpc) is 2.87. The summed E-state index contributed by atoms with van der Waals surface area (Å²) < 4.78 is 1.99. The molecular formula is C14H26N4O. The lowest BCUT2D eigenvalue weighted by Gasteiger charge is -2.33. The van der Waals surface area contributed by atoms with Crippen LogP contribution in [0.3, 0.4) is 0 Å². The fourth-order valence-electron chi connectivity index (χ4n) is 2.91. The fourth-order valence-corrected chi connectivity index (χ4v) is 2.91. The van der Waals surface area contributed by atoms with Crippen molar-refractivity contribution in [3.8, 4) is 0 Å². The fraction of sp³-hybridized carbons (Fsp3) is 0.857. The van der Waals surface area contributed by atoms with Crippen LogP contribution in [-0.4, -0.2) is 43.0 Å². The largest absolute Gasteiger partial charge is 0.389 e. The third-order valence-electron chi connectivity index (χ3n) is 3.76. The van der Waals surface area contributed by atoms with E-state index >= 15 is 0 Å². The van der Waals surface area contributed by atoms with Gasteiger partial charge in [-0.2, -0.15) is 5.10 Å². The van der Waals surface area contributed by atoms with Crippen LogP contribution in [0.4, 0.5) is 0 Å². The molecule has 108 valence electrons. The number of aliphatic hydroxyl groups is 1. The van der Waals surface area contributed by atoms with E-state index in [0.717, 1.165) is 38.3 Å². The Kier molecular flexibility index (Phi) is 4.26. The predicted molar refractivity (Wildman–Crippen MR) is 74.6 cm³/mol. The highest BCUT2D eigenvalue weighted by Gasteiger charge is 2.36. The maximum Gasteiger partial charge on any atom is 0.141 e. The quantitative estimate of drug-likeness (QED) is 0.881. The van der Waals surface area contributed by atoms with E-state index in [1.54, 1.807) is 6.33 Å². The van der Waals surface area contributed by atoms with Gasteiger partial charge in [0.1, 0.15) is 12.2 Å². The van der Waals surface area contributed by atoms with E-state index in [0.29, 0.717) is 5.92 Å². The van der Waals surface area contributed by atoms with Crippen LogP contribution < -0.4 is 0 Å². The summed E-state index contributed by atoms with van der Waals surface area (Å²) in [6, 6.07) is 0.219. The Hall–Kier alpha value is -0.940. The highest BCUT2D eigenvalue weighted by atomic mass is 16.3. The standard InChI is InChI=1S/C14H26N4O/c1-11(2)8-18-13(15-10-16-18)9-17-7-5-6-12(17)14(3,4)19/h10-12,19H,5-9H2,1-4H3. The molecule has 0 radical (unpaired) electrons. The SMILES string of the molecule is CC(C)Cn1ncnc1CN1CCCC1C(C)(C)O. The van der Waals surface area contributed by atoms with Crippen LogP contribution in [0.25, 0.3) is 0 Å². The van der Waals surface area contributed by atoms with Crippen LogP contribution in [0.2, 0.25) is 0 Å². The molecule has 1 aromatic rings. The van der Waals surface area contributed by atoms with Gasteiger partial charge in [0, 0.05) is 12.6 Å². The summed E-state index contributed by atoms with van der Waals surface area (Å²) in [5, 5.41) is 14.5. The first kappa shape index (κ1) is 14.5. The number of likely N-dealkylation sites (tertiary alicyclic amines) is 1. The van der Waals surface area contributed by atoms with E-state index in [4.69, 9.17) is 0 Å². The van der Waals surface area contributed by atoms with Crippen molar-refractivity contribution in [3.63, 3.8) is 0 Å². The van der Waals surface area contributed by atoms with Gasteiger partial charge in [-0.3, -0.25) is 4.90 Å². The maximum absolute atomic E-state index is 10.2. The van der Waals surface area contributed by atoms with Crippen molar-refractivity contribution >= 4 is 0 Å². The molecule has 1 atom stereocenters. The summed E-state index contributed by atoms with van der Waals surface area (Å²) in [6.07, 6.45) is 3.83. The summed E-state index contributed by atoms with van der Waals surface area (Å²) in [5.74, 6) is 1.56. The molecule has 1 saturated heterocycles. The van der Waals surface area contributed by atoms with E-state index in [1.165, 1.54) is 0 Å². The van der Waals surface area contributed by atoms with E-state index in [1.807, 2.05) is 18.5 Å². The molecule has 0 aromatic carbocycles. The molecule has 1 aliphatic rings. The van der Waals surface area contributed by atoms with Gasteiger partial charge in [-0.05, 0) is 39.2 Å². The van der Waals surface area contributed by atoms with Crippen LogP contribution in [0.15, 0.2) is 6.33 Å². The third-order valence-corrected chi connectivity index (χ3v) is 3.76. The first-order valence-electron chi connectivity index (χ1n) is 7.21. The Morgan fingerprint density at radius 3 is 2.84 bits per heavy atom. The van der Waals surface area contributed by atoms with Crippen molar-refractivity contribution in [2.75, 3.05) is 6.54 Å². The second-order valence-corrected chi connectivity index (χ2v) is 6.53. The Morgan fingerprint density at radius 1 is 1.47 bits per heavy atom. The van der Waals surface area contributed by atoms with E-state index < -0.39 is 5.60 Å². The van der Waals surface area contributed by atoms with Gasteiger partial charge in [-0.25, -0.2) is 9.67 Å². The lowest BCUT2D eigenvalue weighted by atomic mass is 9.97. The van der Waals surface area contributed by atoms with E-state index in [-0.39, 0.29) is 6.04 Å². The number of hydrogen-bond acceptors (Lipinski definition) is 4. The molecule has 1 aliphatic heterocycles. The Morgan fingerprint density at radius 2 is 2.21 bits per heavy atom. The van der Waals surface area contributed by atoms with Gasteiger partial charge in [0.2, 0.25) is 0 Å². The second-order valence-electron chi connectivity index (χ2n) is 6.53. The second kappa shape index (κ2) is 5.59. The van der Waals surface area contributed by atoms with Crippen LogP contribution in [0.5, 0.6) is 0 Å². The molecular weight excluding hydrogens is 240 g/mol. The Balaban J connectivity index is 2.06. The van der Waals surface area contributed by atoms with Crippen LogP contribution in [0.1, 0.15) is 46.4 Å². The minimum absolute atomic E-state index is 0.219. The lowest BCUT2D eigenvalue weighted by molar-refractivity contribution is -0.00618. The number of hydrogen-bond donors (Lipinski definition) is 1. The first-order chi connectivity index (χ1) is 8.88. The predicted octanol–water partition coefficient (Wildman–Crippen LogP) is 1.67. The van der Waals surface area contributed by atoms with Gasteiger partial charge in [-0.15, -0.1) is 0 Å². The van der Waals surface area contributed by atoms with Gasteiger partial charge in [0.25, 0.3) is 0 Å². The van der Waals surface area contributed by atoms with Gasteiger partial charge in [0.05, 0.1) is 12.1 Å². The average molecular weight is 266 g/mol. The highest BCUT2D eigenvalue weighted by molar-refractivity contribution is 4.94. The molecule has 1 aromatic heterocycles. The van der Waals surface area contributed by atoms with Crippen LogP contribution in [0, 0.1) is 5.92 Å². The Labute approximate surface area is 115 Å². The van der Waals surface area contributed by atoms with E-state index in [9.17, 15) is 5.11 Å². The molecule has 5 heteroatoms. The van der Waals surface area contributed by atoms with Crippen molar-refractivity contribution in [3.05, 3.63) is 12.2 Å². The Bertz CT molecular complexity index is 408. The molecule has 19 heavy (non-hydrogen) atoms. The molecule has 0 aliphatic carbocycles. The summed E-state index contributed by atoms with van der Waals surface area (Å²) in [6.45, 7) is 10.9. The van der Waals surface area contributed by atoms with Gasteiger partial charge in [0.15, 0.2) is 0 Å². The third kappa shape index (κ3) is 3.54.